The molecule has 1 saturated carbocycles. The first-order valence-corrected chi connectivity index (χ1v) is 4.98. The normalized spacial score (nSPS) is 20.0. The first kappa shape index (κ1) is 10.5. The lowest BCUT2D eigenvalue weighted by Gasteiger charge is -2.23. The fraction of sp³-hybridized carbons (Fsp3) is 0.455. The molecule has 1 aliphatic rings. The van der Waals surface area contributed by atoms with Crippen LogP contribution in [0.15, 0.2) is 18.2 Å². The second-order valence-electron chi connectivity index (χ2n) is 4.42. The van der Waals surface area contributed by atoms with Crippen molar-refractivity contribution >= 4 is 0 Å². The molecule has 1 aliphatic carbocycles. The number of halogens is 2. The van der Waals surface area contributed by atoms with Crippen molar-refractivity contribution in [2.45, 2.75) is 25.8 Å². The van der Waals surface area contributed by atoms with Gasteiger partial charge in [0.1, 0.15) is 11.6 Å². The van der Waals surface area contributed by atoms with Crippen LogP contribution in [0.2, 0.25) is 0 Å². The summed E-state index contributed by atoms with van der Waals surface area (Å²) in [5.74, 6) is 4.57. The van der Waals surface area contributed by atoms with E-state index in [1.807, 2.05) is 6.92 Å². The minimum Gasteiger partial charge on any atom is -0.271 e. The van der Waals surface area contributed by atoms with E-state index < -0.39 is 11.6 Å². The Morgan fingerprint density at radius 2 is 2.07 bits per heavy atom. The largest absolute Gasteiger partial charge is 0.271 e. The molecule has 1 aromatic rings. The third-order valence-electron chi connectivity index (χ3n) is 3.17. The molecule has 0 aromatic heterocycles. The maximum absolute atomic E-state index is 13.5. The van der Waals surface area contributed by atoms with Gasteiger partial charge in [-0.3, -0.25) is 11.3 Å². The maximum atomic E-state index is 13.5. The molecule has 0 bridgehead atoms. The minimum absolute atomic E-state index is 0.0383. The summed E-state index contributed by atoms with van der Waals surface area (Å²) in [7, 11) is 0. The summed E-state index contributed by atoms with van der Waals surface area (Å²) < 4.78 is 26.5. The highest BCUT2D eigenvalue weighted by atomic mass is 19.1. The van der Waals surface area contributed by atoms with E-state index >= 15 is 0 Å². The van der Waals surface area contributed by atoms with Crippen LogP contribution in [0.25, 0.3) is 0 Å². The van der Waals surface area contributed by atoms with Gasteiger partial charge in [-0.05, 0) is 36.5 Å². The van der Waals surface area contributed by atoms with E-state index in [-0.39, 0.29) is 11.5 Å². The molecule has 1 atom stereocenters. The molecule has 4 heteroatoms. The average molecular weight is 212 g/mol. The van der Waals surface area contributed by atoms with Crippen molar-refractivity contribution in [2.24, 2.45) is 11.3 Å². The third kappa shape index (κ3) is 1.87. The Balaban J connectivity index is 2.37. The molecule has 1 unspecified atom stereocenters. The number of benzene rings is 1. The number of hydrazine groups is 1. The summed E-state index contributed by atoms with van der Waals surface area (Å²) in [6, 6.07) is 3.15. The van der Waals surface area contributed by atoms with Gasteiger partial charge in [0.2, 0.25) is 0 Å². The van der Waals surface area contributed by atoms with E-state index in [1.165, 1.54) is 6.07 Å². The molecular weight excluding hydrogens is 198 g/mol. The summed E-state index contributed by atoms with van der Waals surface area (Å²) in [5.41, 5.74) is 2.86. The van der Waals surface area contributed by atoms with Crippen molar-refractivity contribution in [2.75, 3.05) is 0 Å². The van der Waals surface area contributed by atoms with Gasteiger partial charge in [0.25, 0.3) is 0 Å². The van der Waals surface area contributed by atoms with E-state index in [1.54, 1.807) is 0 Å². The smallest absolute Gasteiger partial charge is 0.128 e. The fourth-order valence-electron chi connectivity index (χ4n) is 1.89. The van der Waals surface area contributed by atoms with Gasteiger partial charge < -0.3 is 0 Å². The van der Waals surface area contributed by atoms with Gasteiger partial charge in [0, 0.05) is 5.56 Å². The van der Waals surface area contributed by atoms with Crippen LogP contribution in [0, 0.1) is 17.0 Å². The zero-order valence-electron chi connectivity index (χ0n) is 8.56. The average Bonchev–Trinajstić information content (AvgIpc) is 2.92. The lowest BCUT2D eigenvalue weighted by molar-refractivity contribution is 0.358. The molecule has 0 amide bonds. The summed E-state index contributed by atoms with van der Waals surface area (Å²) in [6.45, 7) is 2.02. The predicted molar refractivity (Wildman–Crippen MR) is 53.8 cm³/mol. The van der Waals surface area contributed by atoms with Crippen molar-refractivity contribution in [3.8, 4) is 0 Å². The van der Waals surface area contributed by atoms with Gasteiger partial charge in [-0.2, -0.15) is 0 Å². The quantitative estimate of drug-likeness (QED) is 0.595. The van der Waals surface area contributed by atoms with E-state index in [0.717, 1.165) is 25.0 Å². The van der Waals surface area contributed by atoms with Crippen LogP contribution in [0.1, 0.15) is 31.4 Å². The summed E-state index contributed by atoms with van der Waals surface area (Å²) >= 11 is 0. The van der Waals surface area contributed by atoms with Gasteiger partial charge in [0.15, 0.2) is 0 Å². The van der Waals surface area contributed by atoms with Crippen molar-refractivity contribution < 1.29 is 8.78 Å². The van der Waals surface area contributed by atoms with Crippen LogP contribution in [0.3, 0.4) is 0 Å². The Hall–Kier alpha value is -1.00. The van der Waals surface area contributed by atoms with Crippen LogP contribution in [0.5, 0.6) is 0 Å². The molecule has 82 valence electrons. The van der Waals surface area contributed by atoms with Crippen molar-refractivity contribution in [3.63, 3.8) is 0 Å². The molecule has 15 heavy (non-hydrogen) atoms. The zero-order valence-corrected chi connectivity index (χ0v) is 8.56. The molecule has 2 nitrogen and oxygen atoms in total. The molecular formula is C11H14F2N2. The zero-order chi connectivity index (χ0) is 11.1. The van der Waals surface area contributed by atoms with Crippen LogP contribution in [0.4, 0.5) is 8.78 Å². The summed E-state index contributed by atoms with van der Waals surface area (Å²) in [5, 5.41) is 0. The Morgan fingerprint density at radius 3 is 2.60 bits per heavy atom. The number of rotatable bonds is 3. The van der Waals surface area contributed by atoms with Gasteiger partial charge in [-0.25, -0.2) is 8.78 Å². The third-order valence-corrected chi connectivity index (χ3v) is 3.17. The highest BCUT2D eigenvalue weighted by Gasteiger charge is 2.46. The highest BCUT2D eigenvalue weighted by Crippen LogP contribution is 2.54. The van der Waals surface area contributed by atoms with Gasteiger partial charge in [-0.1, -0.05) is 6.92 Å². The Bertz CT molecular complexity index is 375. The van der Waals surface area contributed by atoms with E-state index in [2.05, 4.69) is 5.43 Å². The van der Waals surface area contributed by atoms with Crippen LogP contribution < -0.4 is 11.3 Å². The molecule has 0 aliphatic heterocycles. The van der Waals surface area contributed by atoms with Gasteiger partial charge in [-0.15, -0.1) is 0 Å². The first-order valence-electron chi connectivity index (χ1n) is 4.98. The predicted octanol–water partition coefficient (Wildman–Crippen LogP) is 2.27. The minimum atomic E-state index is -0.434. The van der Waals surface area contributed by atoms with Gasteiger partial charge in [0.05, 0.1) is 6.04 Å². The molecule has 1 aromatic carbocycles. The lowest BCUT2D eigenvalue weighted by Crippen LogP contribution is -2.34. The number of nitrogens with one attached hydrogen (secondary N) is 1. The maximum Gasteiger partial charge on any atom is 0.128 e. The molecule has 2 rings (SSSR count). The molecule has 1 fully saturated rings. The SMILES string of the molecule is CC1(C(NN)c2cc(F)ccc2F)CC1. The number of hydrogen-bond donors (Lipinski definition) is 2. The van der Waals surface area contributed by atoms with E-state index in [9.17, 15) is 8.78 Å². The highest BCUT2D eigenvalue weighted by molar-refractivity contribution is 5.26. The number of hydrogen-bond acceptors (Lipinski definition) is 2. The van der Waals surface area contributed by atoms with Crippen LogP contribution in [-0.4, -0.2) is 0 Å². The Kier molecular flexibility index (Phi) is 2.48. The monoisotopic (exact) mass is 212 g/mol. The summed E-state index contributed by atoms with van der Waals surface area (Å²) in [4.78, 5) is 0. The van der Waals surface area contributed by atoms with Crippen LogP contribution in [-0.2, 0) is 0 Å². The van der Waals surface area contributed by atoms with E-state index in [4.69, 9.17) is 5.84 Å². The topological polar surface area (TPSA) is 38.0 Å². The van der Waals surface area contributed by atoms with Crippen molar-refractivity contribution in [3.05, 3.63) is 35.4 Å². The van der Waals surface area contributed by atoms with E-state index in [0.29, 0.717) is 5.56 Å². The van der Waals surface area contributed by atoms with Gasteiger partial charge >= 0.3 is 0 Å². The first-order chi connectivity index (χ1) is 7.07. The molecule has 3 N–H and O–H groups in total. The Labute approximate surface area is 87.4 Å². The molecule has 0 radical (unpaired) electrons. The molecule has 0 spiro atoms. The number of nitrogens with two attached hydrogens (primary N) is 1. The second-order valence-corrected chi connectivity index (χ2v) is 4.42. The Morgan fingerprint density at radius 1 is 1.40 bits per heavy atom. The van der Waals surface area contributed by atoms with Crippen LogP contribution >= 0.6 is 0 Å². The van der Waals surface area contributed by atoms with Crippen molar-refractivity contribution in [1.82, 2.24) is 5.43 Å². The molecule has 0 saturated heterocycles. The summed E-state index contributed by atoms with van der Waals surface area (Å²) in [6.07, 6.45) is 1.97. The van der Waals surface area contributed by atoms with Crippen molar-refractivity contribution in [1.29, 1.82) is 0 Å². The fourth-order valence-corrected chi connectivity index (χ4v) is 1.89. The second kappa shape index (κ2) is 3.54. The molecule has 0 heterocycles. The standard InChI is InChI=1S/C11H14F2N2/c1-11(4-5-11)10(15-14)8-6-7(12)2-3-9(8)13/h2-3,6,10,15H,4-5,14H2,1H3. The lowest BCUT2D eigenvalue weighted by atomic mass is 9.92.